The number of pyridine rings is 1. The molecule has 3 rings (SSSR count). The van der Waals surface area contributed by atoms with E-state index < -0.39 is 0 Å². The number of benzene rings is 2. The molecule has 2 aromatic carbocycles. The number of nitrogen functional groups attached to an aromatic ring is 1. The molecular weight excluding hydrogens is 270 g/mol. The quantitative estimate of drug-likeness (QED) is 0.712. The van der Waals surface area contributed by atoms with E-state index in [9.17, 15) is 0 Å². The lowest BCUT2D eigenvalue weighted by atomic mass is 10.1. The van der Waals surface area contributed by atoms with E-state index in [2.05, 4.69) is 28.5 Å². The first kappa shape index (κ1) is 12.8. The lowest BCUT2D eigenvalue weighted by Gasteiger charge is -2.11. The maximum atomic E-state index is 6.01. The molecule has 20 heavy (non-hydrogen) atoms. The number of para-hydroxylation sites is 2. The van der Waals surface area contributed by atoms with Gasteiger partial charge in [0, 0.05) is 18.1 Å². The van der Waals surface area contributed by atoms with Crippen molar-refractivity contribution in [2.75, 3.05) is 11.1 Å². The molecule has 1 heterocycles. The Balaban J connectivity index is 1.89. The van der Waals surface area contributed by atoms with Gasteiger partial charge < -0.3 is 11.1 Å². The van der Waals surface area contributed by atoms with Crippen LogP contribution in [0.5, 0.6) is 0 Å². The average Bonchev–Trinajstić information content (AvgIpc) is 2.49. The van der Waals surface area contributed by atoms with Gasteiger partial charge in [0.25, 0.3) is 0 Å². The third kappa shape index (κ3) is 2.40. The van der Waals surface area contributed by atoms with Gasteiger partial charge in [0.1, 0.15) is 0 Å². The molecule has 0 bridgehead atoms. The molecule has 3 nitrogen and oxygen atoms in total. The molecule has 0 atom stereocenters. The van der Waals surface area contributed by atoms with E-state index in [-0.39, 0.29) is 0 Å². The summed E-state index contributed by atoms with van der Waals surface area (Å²) in [6, 6.07) is 15.7. The van der Waals surface area contributed by atoms with E-state index in [1.165, 1.54) is 0 Å². The fourth-order valence-electron chi connectivity index (χ4n) is 2.19. The highest BCUT2D eigenvalue weighted by Crippen LogP contribution is 2.27. The molecule has 0 aliphatic carbocycles. The van der Waals surface area contributed by atoms with Gasteiger partial charge in [-0.3, -0.25) is 4.98 Å². The molecular formula is C16H14ClN3. The van der Waals surface area contributed by atoms with Crippen molar-refractivity contribution in [3.05, 3.63) is 65.3 Å². The summed E-state index contributed by atoms with van der Waals surface area (Å²) >= 11 is 6.01. The van der Waals surface area contributed by atoms with Crippen molar-refractivity contribution in [1.29, 1.82) is 0 Å². The number of halogens is 1. The smallest absolute Gasteiger partial charge is 0.0751 e. The Labute approximate surface area is 122 Å². The van der Waals surface area contributed by atoms with Gasteiger partial charge in [-0.1, -0.05) is 41.9 Å². The number of nitrogens with zero attached hydrogens (tertiary/aromatic N) is 1. The maximum Gasteiger partial charge on any atom is 0.0751 e. The molecule has 4 heteroatoms. The second-order valence-electron chi connectivity index (χ2n) is 4.55. The van der Waals surface area contributed by atoms with Crippen molar-refractivity contribution in [3.8, 4) is 0 Å². The van der Waals surface area contributed by atoms with Crippen molar-refractivity contribution >= 4 is 33.9 Å². The van der Waals surface area contributed by atoms with Gasteiger partial charge in [0.15, 0.2) is 0 Å². The van der Waals surface area contributed by atoms with Gasteiger partial charge >= 0.3 is 0 Å². The molecule has 100 valence electrons. The molecule has 0 radical (unpaired) electrons. The lowest BCUT2D eigenvalue weighted by molar-refractivity contribution is 1.15. The van der Waals surface area contributed by atoms with E-state index in [0.29, 0.717) is 17.3 Å². The number of nitrogens with one attached hydrogen (secondary N) is 1. The number of anilines is 2. The average molecular weight is 284 g/mol. The highest BCUT2D eigenvalue weighted by atomic mass is 35.5. The zero-order valence-electron chi connectivity index (χ0n) is 10.8. The second-order valence-corrected chi connectivity index (χ2v) is 4.95. The molecule has 0 saturated heterocycles. The molecule has 0 amide bonds. The van der Waals surface area contributed by atoms with Crippen molar-refractivity contribution in [2.45, 2.75) is 6.54 Å². The van der Waals surface area contributed by atoms with Crippen LogP contribution in [0.4, 0.5) is 11.4 Å². The zero-order chi connectivity index (χ0) is 13.9. The van der Waals surface area contributed by atoms with Crippen LogP contribution in [0.1, 0.15) is 5.56 Å². The number of aromatic nitrogens is 1. The molecule has 3 N–H and O–H groups in total. The maximum absolute atomic E-state index is 6.01. The molecule has 0 aliphatic rings. The predicted octanol–water partition coefficient (Wildman–Crippen LogP) is 4.08. The van der Waals surface area contributed by atoms with Crippen molar-refractivity contribution in [3.63, 3.8) is 0 Å². The highest BCUT2D eigenvalue weighted by molar-refractivity contribution is 6.33. The topological polar surface area (TPSA) is 50.9 Å². The van der Waals surface area contributed by atoms with E-state index >= 15 is 0 Å². The van der Waals surface area contributed by atoms with Gasteiger partial charge in [-0.05, 0) is 23.8 Å². The summed E-state index contributed by atoms with van der Waals surface area (Å²) in [4.78, 5) is 4.44. The number of hydrogen-bond donors (Lipinski definition) is 2. The van der Waals surface area contributed by atoms with Crippen LogP contribution in [0.2, 0.25) is 5.02 Å². The van der Waals surface area contributed by atoms with E-state index in [1.54, 1.807) is 12.3 Å². The fraction of sp³-hybridized carbons (Fsp3) is 0.0625. The number of nitrogens with two attached hydrogens (primary N) is 1. The van der Waals surface area contributed by atoms with Gasteiger partial charge in [-0.2, -0.15) is 0 Å². The molecule has 3 aromatic rings. The van der Waals surface area contributed by atoms with Crippen LogP contribution in [0.25, 0.3) is 10.9 Å². The summed E-state index contributed by atoms with van der Waals surface area (Å²) < 4.78 is 0. The summed E-state index contributed by atoms with van der Waals surface area (Å²) in [6.45, 7) is 0.652. The van der Waals surface area contributed by atoms with Crippen molar-refractivity contribution in [2.24, 2.45) is 0 Å². The minimum Gasteiger partial charge on any atom is -0.396 e. The van der Waals surface area contributed by atoms with Crippen LogP contribution in [0.3, 0.4) is 0 Å². The Morgan fingerprint density at radius 2 is 1.85 bits per heavy atom. The monoisotopic (exact) mass is 283 g/mol. The standard InChI is InChI=1S/C16H14ClN3/c17-13-7-2-8-14(15(13)18)20-10-12-5-1-4-11-6-3-9-19-16(11)12/h1-9,20H,10,18H2. The van der Waals surface area contributed by atoms with Crippen molar-refractivity contribution in [1.82, 2.24) is 4.98 Å². The van der Waals surface area contributed by atoms with Gasteiger partial charge in [0.05, 0.1) is 21.9 Å². The van der Waals surface area contributed by atoms with E-state index in [0.717, 1.165) is 22.2 Å². The second kappa shape index (κ2) is 5.39. The largest absolute Gasteiger partial charge is 0.396 e. The number of rotatable bonds is 3. The molecule has 0 unspecified atom stereocenters. The summed E-state index contributed by atoms with van der Waals surface area (Å²) in [7, 11) is 0. The summed E-state index contributed by atoms with van der Waals surface area (Å²) in [5.41, 5.74) is 9.49. The summed E-state index contributed by atoms with van der Waals surface area (Å²) in [5.74, 6) is 0. The fourth-order valence-corrected chi connectivity index (χ4v) is 2.37. The van der Waals surface area contributed by atoms with E-state index in [4.69, 9.17) is 17.3 Å². The minimum atomic E-state index is 0.561. The zero-order valence-corrected chi connectivity index (χ0v) is 11.6. The minimum absolute atomic E-state index is 0.561. The van der Waals surface area contributed by atoms with Crippen LogP contribution in [-0.4, -0.2) is 4.98 Å². The number of hydrogen-bond acceptors (Lipinski definition) is 3. The first-order chi connectivity index (χ1) is 9.75. The summed E-state index contributed by atoms with van der Waals surface area (Å²) in [6.07, 6.45) is 1.81. The highest BCUT2D eigenvalue weighted by Gasteiger charge is 2.05. The van der Waals surface area contributed by atoms with Crippen LogP contribution in [0.15, 0.2) is 54.7 Å². The molecule has 0 fully saturated rings. The Morgan fingerprint density at radius 3 is 2.75 bits per heavy atom. The molecule has 0 aliphatic heterocycles. The lowest BCUT2D eigenvalue weighted by Crippen LogP contribution is -2.03. The normalized spacial score (nSPS) is 10.7. The third-order valence-electron chi connectivity index (χ3n) is 3.24. The molecule has 0 saturated carbocycles. The Hall–Kier alpha value is -2.26. The molecule has 0 spiro atoms. The van der Waals surface area contributed by atoms with Gasteiger partial charge in [0.2, 0.25) is 0 Å². The van der Waals surface area contributed by atoms with Crippen molar-refractivity contribution < 1.29 is 0 Å². The Morgan fingerprint density at radius 1 is 1.05 bits per heavy atom. The first-order valence-electron chi connectivity index (χ1n) is 6.36. The Kier molecular flexibility index (Phi) is 3.44. The first-order valence-corrected chi connectivity index (χ1v) is 6.74. The van der Waals surface area contributed by atoms with E-state index in [1.807, 2.05) is 24.3 Å². The summed E-state index contributed by atoms with van der Waals surface area (Å²) in [5, 5.41) is 5.00. The van der Waals surface area contributed by atoms with Gasteiger partial charge in [-0.25, -0.2) is 0 Å². The SMILES string of the molecule is Nc1c(Cl)cccc1NCc1cccc2cccnc12. The van der Waals surface area contributed by atoms with Crippen LogP contribution >= 0.6 is 11.6 Å². The van der Waals surface area contributed by atoms with Crippen LogP contribution in [0, 0.1) is 0 Å². The van der Waals surface area contributed by atoms with Gasteiger partial charge in [-0.15, -0.1) is 0 Å². The molecule has 1 aromatic heterocycles. The third-order valence-corrected chi connectivity index (χ3v) is 3.57. The number of fused-ring (bicyclic) bond motifs is 1. The van der Waals surface area contributed by atoms with Crippen LogP contribution < -0.4 is 11.1 Å². The Bertz CT molecular complexity index is 750. The van der Waals surface area contributed by atoms with Crippen LogP contribution in [-0.2, 0) is 6.54 Å². The predicted molar refractivity (Wildman–Crippen MR) is 84.9 cm³/mol.